The molecule has 1 aromatic carbocycles. The van der Waals surface area contributed by atoms with Crippen LogP contribution in [0.15, 0.2) is 45.9 Å². The van der Waals surface area contributed by atoms with Crippen LogP contribution in [0.25, 0.3) is 0 Å². The molecule has 1 amide bonds. The number of nitrogens with one attached hydrogen (secondary N) is 2. The molecule has 2 rings (SSSR count). The maximum absolute atomic E-state index is 12.5. The minimum Gasteiger partial charge on any atom is -0.443 e. The predicted molar refractivity (Wildman–Crippen MR) is 126 cm³/mol. The number of aromatic nitrogens is 1. The van der Waals surface area contributed by atoms with E-state index in [-0.39, 0.29) is 41.8 Å². The number of likely N-dealkylation sites (N-methyl/N-ethyl adjacent to an activating group) is 1. The van der Waals surface area contributed by atoms with Crippen molar-refractivity contribution in [3.8, 4) is 0 Å². The molecule has 0 aliphatic carbocycles. The normalized spacial score (nSPS) is 11.6. The predicted octanol–water partition coefficient (Wildman–Crippen LogP) is 3.30. The van der Waals surface area contributed by atoms with Gasteiger partial charge >= 0.3 is 0 Å². The minimum atomic E-state index is -0.0834. The fourth-order valence-corrected chi connectivity index (χ4v) is 2.57. The summed E-state index contributed by atoms with van der Waals surface area (Å²) >= 11 is 0. The van der Waals surface area contributed by atoms with Crippen LogP contribution in [0.5, 0.6) is 0 Å². The van der Waals surface area contributed by atoms with Crippen LogP contribution in [-0.4, -0.2) is 41.9 Å². The summed E-state index contributed by atoms with van der Waals surface area (Å²) in [5.74, 6) is 1.96. The van der Waals surface area contributed by atoms with Crippen LogP contribution in [0.2, 0.25) is 0 Å². The molecule has 1 aromatic heterocycles. The first-order valence-electron chi connectivity index (χ1n) is 9.55. The summed E-state index contributed by atoms with van der Waals surface area (Å²) < 4.78 is 5.76. The van der Waals surface area contributed by atoms with Gasteiger partial charge in [-0.25, -0.2) is 4.98 Å². The Kier molecular flexibility index (Phi) is 10.1. The molecular weight excluding hydrogens is 481 g/mol. The average Bonchev–Trinajstić information content (AvgIpc) is 3.16. The van der Waals surface area contributed by atoms with E-state index in [1.807, 2.05) is 37.3 Å². The number of oxazole rings is 1. The molecule has 160 valence electrons. The molecule has 2 N–H and O–H groups in total. The number of hydrogen-bond donors (Lipinski definition) is 2. The van der Waals surface area contributed by atoms with Gasteiger partial charge in [0.25, 0.3) is 0 Å². The number of benzene rings is 1. The van der Waals surface area contributed by atoms with Gasteiger partial charge in [-0.3, -0.25) is 9.79 Å². The number of guanidine groups is 1. The fourth-order valence-electron chi connectivity index (χ4n) is 2.57. The van der Waals surface area contributed by atoms with Crippen molar-refractivity contribution in [1.82, 2.24) is 20.5 Å². The highest BCUT2D eigenvalue weighted by atomic mass is 127. The summed E-state index contributed by atoms with van der Waals surface area (Å²) in [5, 5.41) is 6.18. The Morgan fingerprint density at radius 2 is 1.90 bits per heavy atom. The second-order valence-corrected chi connectivity index (χ2v) is 7.54. The maximum Gasteiger partial charge on any atom is 0.242 e. The summed E-state index contributed by atoms with van der Waals surface area (Å²) in [6, 6.07) is 9.96. The van der Waals surface area contributed by atoms with Crippen molar-refractivity contribution < 1.29 is 9.21 Å². The van der Waals surface area contributed by atoms with Gasteiger partial charge in [0.1, 0.15) is 5.76 Å². The van der Waals surface area contributed by atoms with Crippen LogP contribution >= 0.6 is 24.0 Å². The summed E-state index contributed by atoms with van der Waals surface area (Å²) in [7, 11) is 1.66. The zero-order valence-electron chi connectivity index (χ0n) is 17.9. The molecule has 0 saturated heterocycles. The molecule has 29 heavy (non-hydrogen) atoms. The first-order valence-corrected chi connectivity index (χ1v) is 9.55. The smallest absolute Gasteiger partial charge is 0.242 e. The first kappa shape index (κ1) is 24.9. The zero-order chi connectivity index (χ0) is 20.6. The lowest BCUT2D eigenvalue weighted by molar-refractivity contribution is -0.130. The molecule has 0 spiro atoms. The van der Waals surface area contributed by atoms with Crippen LogP contribution in [0.4, 0.5) is 0 Å². The van der Waals surface area contributed by atoms with Crippen molar-refractivity contribution >= 4 is 35.8 Å². The van der Waals surface area contributed by atoms with Gasteiger partial charge in [-0.2, -0.15) is 0 Å². The highest BCUT2D eigenvalue weighted by Crippen LogP contribution is 2.22. The molecular formula is C21H32IN5O2. The SMILES string of the molecule is CCN(Cc1ccccc1)C(=O)CNC(=NC)NCc1ncc(C(C)(C)C)o1.I. The van der Waals surface area contributed by atoms with E-state index in [0.717, 1.165) is 11.3 Å². The van der Waals surface area contributed by atoms with Gasteiger partial charge in [0.2, 0.25) is 11.8 Å². The number of amides is 1. The van der Waals surface area contributed by atoms with Gasteiger partial charge in [0.15, 0.2) is 5.96 Å². The number of carbonyl (C=O) groups excluding carboxylic acids is 1. The second kappa shape index (κ2) is 11.8. The molecule has 2 aromatic rings. The molecule has 0 radical (unpaired) electrons. The largest absolute Gasteiger partial charge is 0.443 e. The van der Waals surface area contributed by atoms with E-state index in [0.29, 0.717) is 31.5 Å². The molecule has 0 unspecified atom stereocenters. The molecule has 0 atom stereocenters. The standard InChI is InChI=1S/C21H31N5O2.HI/c1-6-26(15-16-10-8-7-9-11-16)19(27)14-25-20(22-5)24-13-18-23-12-17(28-18)21(2,3)4;/h7-12H,6,13-15H2,1-5H3,(H2,22,24,25);1H. The number of halogens is 1. The van der Waals surface area contributed by atoms with E-state index in [2.05, 4.69) is 41.4 Å². The molecule has 0 aliphatic heterocycles. The Labute approximate surface area is 190 Å². The molecule has 0 aliphatic rings. The van der Waals surface area contributed by atoms with E-state index in [9.17, 15) is 4.79 Å². The van der Waals surface area contributed by atoms with Gasteiger partial charge in [0, 0.05) is 25.6 Å². The highest BCUT2D eigenvalue weighted by Gasteiger charge is 2.19. The summed E-state index contributed by atoms with van der Waals surface area (Å²) in [6.07, 6.45) is 1.75. The Bertz CT molecular complexity index is 784. The minimum absolute atomic E-state index is 0. The Morgan fingerprint density at radius 1 is 1.21 bits per heavy atom. The number of rotatable bonds is 7. The third-order valence-electron chi connectivity index (χ3n) is 4.28. The Hall–Kier alpha value is -2.10. The first-order chi connectivity index (χ1) is 13.3. The van der Waals surface area contributed by atoms with Crippen molar-refractivity contribution in [3.05, 3.63) is 53.7 Å². The highest BCUT2D eigenvalue weighted by molar-refractivity contribution is 14.0. The zero-order valence-corrected chi connectivity index (χ0v) is 20.2. The number of nitrogens with zero attached hydrogens (tertiary/aromatic N) is 3. The van der Waals surface area contributed by atoms with Crippen LogP contribution in [0.3, 0.4) is 0 Å². The van der Waals surface area contributed by atoms with Crippen LogP contribution < -0.4 is 10.6 Å². The van der Waals surface area contributed by atoms with Crippen molar-refractivity contribution in [3.63, 3.8) is 0 Å². The van der Waals surface area contributed by atoms with E-state index < -0.39 is 0 Å². The Balaban J connectivity index is 0.00000420. The number of hydrogen-bond acceptors (Lipinski definition) is 4. The third kappa shape index (κ3) is 8.04. The monoisotopic (exact) mass is 513 g/mol. The van der Waals surface area contributed by atoms with Gasteiger partial charge in [-0.05, 0) is 12.5 Å². The van der Waals surface area contributed by atoms with E-state index in [1.54, 1.807) is 18.1 Å². The summed E-state index contributed by atoms with van der Waals surface area (Å²) in [5.41, 5.74) is 1.03. The molecule has 1 heterocycles. The van der Waals surface area contributed by atoms with Gasteiger partial charge in [0.05, 0.1) is 19.3 Å². The van der Waals surface area contributed by atoms with E-state index in [4.69, 9.17) is 4.42 Å². The fraction of sp³-hybridized carbons (Fsp3) is 0.476. The molecule has 0 fully saturated rings. The molecule has 0 bridgehead atoms. The lowest BCUT2D eigenvalue weighted by Crippen LogP contribution is -2.44. The summed E-state index contributed by atoms with van der Waals surface area (Å²) in [6.45, 7) is 10.0. The van der Waals surface area contributed by atoms with Gasteiger partial charge in [-0.1, -0.05) is 51.1 Å². The van der Waals surface area contributed by atoms with Crippen LogP contribution in [-0.2, 0) is 23.3 Å². The van der Waals surface area contributed by atoms with E-state index >= 15 is 0 Å². The van der Waals surface area contributed by atoms with Crippen molar-refractivity contribution in [2.75, 3.05) is 20.1 Å². The molecule has 0 saturated carbocycles. The topological polar surface area (TPSA) is 82.8 Å². The van der Waals surface area contributed by atoms with Gasteiger partial charge < -0.3 is 20.0 Å². The van der Waals surface area contributed by atoms with Crippen LogP contribution in [0, 0.1) is 0 Å². The maximum atomic E-state index is 12.5. The lowest BCUT2D eigenvalue weighted by Gasteiger charge is -2.22. The van der Waals surface area contributed by atoms with Crippen molar-refractivity contribution in [2.45, 2.75) is 46.2 Å². The lowest BCUT2D eigenvalue weighted by atomic mass is 9.94. The van der Waals surface area contributed by atoms with Crippen molar-refractivity contribution in [2.24, 2.45) is 4.99 Å². The number of aliphatic imine (C=N–C) groups is 1. The number of carbonyl (C=O) groups is 1. The summed E-state index contributed by atoms with van der Waals surface area (Å²) in [4.78, 5) is 22.8. The van der Waals surface area contributed by atoms with Crippen LogP contribution in [0.1, 0.15) is 44.9 Å². The quantitative estimate of drug-likeness (QED) is 0.338. The second-order valence-electron chi connectivity index (χ2n) is 7.54. The average molecular weight is 513 g/mol. The van der Waals surface area contributed by atoms with Crippen molar-refractivity contribution in [1.29, 1.82) is 0 Å². The van der Waals surface area contributed by atoms with E-state index in [1.165, 1.54) is 0 Å². The molecule has 8 heteroatoms. The third-order valence-corrected chi connectivity index (χ3v) is 4.28. The Morgan fingerprint density at radius 3 is 2.45 bits per heavy atom. The molecule has 7 nitrogen and oxygen atoms in total. The van der Waals surface area contributed by atoms with Gasteiger partial charge in [-0.15, -0.1) is 24.0 Å².